The first-order valence-electron chi connectivity index (χ1n) is 8.86. The number of ether oxygens (including phenoxy) is 1. The molecule has 1 aromatic heterocycles. The Bertz CT molecular complexity index is 1050. The molecule has 2 heterocycles. The molecule has 29 heavy (non-hydrogen) atoms. The fraction of sp³-hybridized carbons (Fsp3) is 0.211. The quantitative estimate of drug-likeness (QED) is 0.643. The Balaban J connectivity index is 1.55. The molecule has 1 atom stereocenters. The first-order chi connectivity index (χ1) is 14.1. The highest BCUT2D eigenvalue weighted by Gasteiger charge is 2.31. The molecule has 0 aliphatic carbocycles. The first kappa shape index (κ1) is 18.9. The number of fused-ring (bicyclic) bond motifs is 1. The van der Waals surface area contributed by atoms with Crippen LogP contribution in [-0.4, -0.2) is 50.9 Å². The van der Waals surface area contributed by atoms with Crippen molar-refractivity contribution >= 4 is 35.0 Å². The maximum atomic E-state index is 13.1. The lowest BCUT2D eigenvalue weighted by Crippen LogP contribution is -2.45. The summed E-state index contributed by atoms with van der Waals surface area (Å²) in [6, 6.07) is 14.5. The number of nitrogens with one attached hydrogen (secondary N) is 1. The van der Waals surface area contributed by atoms with E-state index in [1.807, 2.05) is 42.5 Å². The predicted molar refractivity (Wildman–Crippen MR) is 108 cm³/mol. The molecule has 1 aliphatic rings. The number of carbonyl (C=O) groups is 2. The van der Waals surface area contributed by atoms with Crippen LogP contribution in [0.25, 0.3) is 5.69 Å². The van der Waals surface area contributed by atoms with Gasteiger partial charge in [0.2, 0.25) is 17.0 Å². The van der Waals surface area contributed by atoms with Gasteiger partial charge in [-0.2, -0.15) is 4.68 Å². The zero-order valence-electron chi connectivity index (χ0n) is 15.8. The van der Waals surface area contributed by atoms with Crippen molar-refractivity contribution in [1.82, 2.24) is 20.2 Å². The predicted octanol–water partition coefficient (Wildman–Crippen LogP) is 2.14. The Hall–Kier alpha value is -3.40. The van der Waals surface area contributed by atoms with Crippen molar-refractivity contribution in [2.24, 2.45) is 0 Å². The molecule has 148 valence electrons. The molecule has 3 aromatic rings. The Morgan fingerprint density at radius 1 is 1.21 bits per heavy atom. The molecule has 0 radical (unpaired) electrons. The van der Waals surface area contributed by atoms with Crippen LogP contribution in [0, 0.1) is 0 Å². The summed E-state index contributed by atoms with van der Waals surface area (Å²) in [4.78, 5) is 26.6. The summed E-state index contributed by atoms with van der Waals surface area (Å²) < 4.78 is 6.73. The number of methoxy groups -OCH3 is 1. The summed E-state index contributed by atoms with van der Waals surface area (Å²) in [6.45, 7) is 1.75. The number of amides is 2. The molecule has 0 unspecified atom stereocenters. The van der Waals surface area contributed by atoms with Crippen LogP contribution in [-0.2, 0) is 9.59 Å². The Morgan fingerprint density at radius 3 is 2.72 bits per heavy atom. The van der Waals surface area contributed by atoms with Gasteiger partial charge in [0.15, 0.2) is 0 Å². The number of tetrazole rings is 1. The number of rotatable bonds is 5. The van der Waals surface area contributed by atoms with Gasteiger partial charge in [-0.15, -0.1) is 5.10 Å². The third-order valence-electron chi connectivity index (χ3n) is 4.42. The van der Waals surface area contributed by atoms with E-state index in [1.54, 1.807) is 24.8 Å². The second kappa shape index (κ2) is 7.92. The molecule has 1 aliphatic heterocycles. The first-order valence-corrected chi connectivity index (χ1v) is 9.74. The van der Waals surface area contributed by atoms with Crippen molar-refractivity contribution in [3.05, 3.63) is 48.5 Å². The summed E-state index contributed by atoms with van der Waals surface area (Å²) in [5.41, 5.74) is 2.05. The lowest BCUT2D eigenvalue weighted by atomic mass is 10.2. The van der Waals surface area contributed by atoms with Gasteiger partial charge in [-0.1, -0.05) is 23.9 Å². The lowest BCUT2D eigenvalue weighted by Gasteiger charge is -2.30. The molecule has 0 spiro atoms. The van der Waals surface area contributed by atoms with Crippen molar-refractivity contribution in [3.8, 4) is 11.4 Å². The fourth-order valence-electron chi connectivity index (χ4n) is 3.00. The fourth-order valence-corrected chi connectivity index (χ4v) is 3.87. The van der Waals surface area contributed by atoms with E-state index in [0.29, 0.717) is 16.5 Å². The number of hydrogen-bond acceptors (Lipinski definition) is 7. The molecule has 0 saturated heterocycles. The molecule has 2 aromatic carbocycles. The minimum Gasteiger partial charge on any atom is -0.497 e. The minimum absolute atomic E-state index is 0.0236. The summed E-state index contributed by atoms with van der Waals surface area (Å²) in [5, 5.41) is 14.6. The molecule has 1 N–H and O–H groups in total. The maximum Gasteiger partial charge on any atom is 0.244 e. The highest BCUT2D eigenvalue weighted by Crippen LogP contribution is 2.32. The highest BCUT2D eigenvalue weighted by atomic mass is 32.2. The monoisotopic (exact) mass is 410 g/mol. The number of anilines is 2. The molecular weight excluding hydrogens is 392 g/mol. The maximum absolute atomic E-state index is 13.1. The Morgan fingerprint density at radius 2 is 1.97 bits per heavy atom. The van der Waals surface area contributed by atoms with E-state index in [-0.39, 0.29) is 18.4 Å². The normalized spacial score (nSPS) is 14.1. The van der Waals surface area contributed by atoms with Crippen molar-refractivity contribution < 1.29 is 14.3 Å². The summed E-state index contributed by atoms with van der Waals surface area (Å²) >= 11 is 1.23. The molecule has 0 fully saturated rings. The zero-order chi connectivity index (χ0) is 20.4. The average Bonchev–Trinajstić information content (AvgIpc) is 3.20. The van der Waals surface area contributed by atoms with Crippen LogP contribution in [0.15, 0.2) is 53.7 Å². The Labute approximate surface area is 171 Å². The van der Waals surface area contributed by atoms with E-state index in [1.165, 1.54) is 16.7 Å². The second-order valence-corrected chi connectivity index (χ2v) is 7.63. The van der Waals surface area contributed by atoms with Gasteiger partial charge in [0.05, 0.1) is 29.4 Å². The lowest BCUT2D eigenvalue weighted by molar-refractivity contribution is -0.121. The van der Waals surface area contributed by atoms with E-state index in [2.05, 4.69) is 20.8 Å². The van der Waals surface area contributed by atoms with E-state index >= 15 is 0 Å². The zero-order valence-corrected chi connectivity index (χ0v) is 16.6. The van der Waals surface area contributed by atoms with Gasteiger partial charge in [-0.25, -0.2) is 0 Å². The van der Waals surface area contributed by atoms with E-state index in [9.17, 15) is 9.59 Å². The number of benzene rings is 2. The molecule has 10 heteroatoms. The number of nitrogens with zero attached hydrogens (tertiary/aromatic N) is 5. The topological polar surface area (TPSA) is 102 Å². The van der Waals surface area contributed by atoms with Gasteiger partial charge >= 0.3 is 0 Å². The van der Waals surface area contributed by atoms with Crippen LogP contribution < -0.4 is 15.0 Å². The average molecular weight is 410 g/mol. The number of para-hydroxylation sites is 2. The van der Waals surface area contributed by atoms with Crippen LogP contribution in [0.3, 0.4) is 0 Å². The van der Waals surface area contributed by atoms with Gasteiger partial charge in [0.25, 0.3) is 0 Å². The van der Waals surface area contributed by atoms with Crippen molar-refractivity contribution in [2.45, 2.75) is 17.3 Å². The van der Waals surface area contributed by atoms with E-state index < -0.39 is 5.25 Å². The third-order valence-corrected chi connectivity index (χ3v) is 5.45. The molecular formula is C19H18N6O3S. The van der Waals surface area contributed by atoms with Crippen LogP contribution in [0.5, 0.6) is 5.75 Å². The third kappa shape index (κ3) is 3.79. The second-order valence-electron chi connectivity index (χ2n) is 6.32. The SMILES string of the molecule is COc1ccc(-n2nnnc2S[C@@H](C)C(=O)N2CC(=O)Nc3ccccc32)cc1. The summed E-state index contributed by atoms with van der Waals surface area (Å²) in [5.74, 6) is 0.306. The van der Waals surface area contributed by atoms with Gasteiger partial charge < -0.3 is 10.1 Å². The van der Waals surface area contributed by atoms with Crippen LogP contribution in [0.1, 0.15) is 6.92 Å². The number of carbonyl (C=O) groups excluding carboxylic acids is 2. The molecule has 0 saturated carbocycles. The highest BCUT2D eigenvalue weighted by molar-refractivity contribution is 8.00. The van der Waals surface area contributed by atoms with Gasteiger partial charge in [-0.05, 0) is 53.7 Å². The smallest absolute Gasteiger partial charge is 0.244 e. The van der Waals surface area contributed by atoms with Gasteiger partial charge in [-0.3, -0.25) is 14.5 Å². The summed E-state index contributed by atoms with van der Waals surface area (Å²) in [7, 11) is 1.60. The number of aromatic nitrogens is 4. The number of thioether (sulfide) groups is 1. The van der Waals surface area contributed by atoms with Crippen molar-refractivity contribution in [3.63, 3.8) is 0 Å². The van der Waals surface area contributed by atoms with E-state index in [0.717, 1.165) is 11.4 Å². The van der Waals surface area contributed by atoms with Gasteiger partial charge in [0, 0.05) is 0 Å². The minimum atomic E-state index is -0.503. The Kier molecular flexibility index (Phi) is 5.17. The largest absolute Gasteiger partial charge is 0.497 e. The molecule has 9 nitrogen and oxygen atoms in total. The van der Waals surface area contributed by atoms with Crippen molar-refractivity contribution in [2.75, 3.05) is 23.9 Å². The van der Waals surface area contributed by atoms with Crippen molar-refractivity contribution in [1.29, 1.82) is 0 Å². The standard InChI is InChI=1S/C19H18N6O3S/c1-12(18(27)24-11-17(26)20-15-5-3-4-6-16(15)24)29-19-21-22-23-25(19)13-7-9-14(28-2)10-8-13/h3-10,12H,11H2,1-2H3,(H,20,26)/t12-/m0/s1. The molecule has 0 bridgehead atoms. The van der Waals surface area contributed by atoms with Crippen LogP contribution >= 0.6 is 11.8 Å². The van der Waals surface area contributed by atoms with Gasteiger partial charge in [0.1, 0.15) is 12.3 Å². The molecule has 2 amide bonds. The van der Waals surface area contributed by atoms with Crippen LogP contribution in [0.4, 0.5) is 11.4 Å². The van der Waals surface area contributed by atoms with Crippen LogP contribution in [0.2, 0.25) is 0 Å². The molecule has 4 rings (SSSR count). The summed E-state index contributed by atoms with van der Waals surface area (Å²) in [6.07, 6.45) is 0. The number of hydrogen-bond donors (Lipinski definition) is 1. The van der Waals surface area contributed by atoms with E-state index in [4.69, 9.17) is 4.74 Å².